The second-order valence-electron chi connectivity index (χ2n) is 6.29. The van der Waals surface area contributed by atoms with Crippen LogP contribution in [0.5, 0.6) is 0 Å². The molecular formula is C21H18N2O2S. The van der Waals surface area contributed by atoms with Crippen molar-refractivity contribution >= 4 is 28.8 Å². The average molecular weight is 362 g/mol. The van der Waals surface area contributed by atoms with Gasteiger partial charge in [-0.1, -0.05) is 24.3 Å². The Morgan fingerprint density at radius 2 is 1.81 bits per heavy atom. The molecule has 4 nitrogen and oxygen atoms in total. The summed E-state index contributed by atoms with van der Waals surface area (Å²) in [5.74, 6) is -0.0665. The second kappa shape index (κ2) is 7.14. The van der Waals surface area contributed by atoms with Gasteiger partial charge in [-0.3, -0.25) is 9.59 Å². The van der Waals surface area contributed by atoms with Crippen molar-refractivity contribution in [2.75, 3.05) is 11.9 Å². The van der Waals surface area contributed by atoms with Gasteiger partial charge in [0.1, 0.15) is 0 Å². The van der Waals surface area contributed by atoms with Crippen molar-refractivity contribution in [1.82, 2.24) is 4.90 Å². The molecule has 130 valence electrons. The number of fused-ring (bicyclic) bond motifs is 1. The lowest BCUT2D eigenvalue weighted by molar-refractivity contribution is 0.0734. The van der Waals surface area contributed by atoms with Gasteiger partial charge in [0.05, 0.1) is 5.56 Å². The third-order valence-electron chi connectivity index (χ3n) is 4.57. The number of hydrogen-bond donors (Lipinski definition) is 1. The van der Waals surface area contributed by atoms with Crippen LogP contribution < -0.4 is 5.32 Å². The highest BCUT2D eigenvalue weighted by Crippen LogP contribution is 2.24. The van der Waals surface area contributed by atoms with Gasteiger partial charge in [-0.2, -0.15) is 11.3 Å². The largest absolute Gasteiger partial charge is 0.334 e. The van der Waals surface area contributed by atoms with Gasteiger partial charge in [0.15, 0.2) is 0 Å². The molecule has 0 aliphatic carbocycles. The number of hydrogen-bond acceptors (Lipinski definition) is 3. The molecule has 4 rings (SSSR count). The molecule has 5 heteroatoms. The van der Waals surface area contributed by atoms with Gasteiger partial charge in [-0.15, -0.1) is 0 Å². The molecule has 1 N–H and O–H groups in total. The zero-order chi connectivity index (χ0) is 17.9. The standard InChI is InChI=1S/C21H18N2O2S/c24-20(17-9-11-26-14-17)22-19-7-6-15-8-10-23(13-18(15)12-19)21(25)16-4-2-1-3-5-16/h1-7,9,11-12,14H,8,10,13H2,(H,22,24). The van der Waals surface area contributed by atoms with Crippen molar-refractivity contribution in [3.05, 3.63) is 87.6 Å². The quantitative estimate of drug-likeness (QED) is 0.759. The van der Waals surface area contributed by atoms with Crippen molar-refractivity contribution in [2.24, 2.45) is 0 Å². The molecule has 2 heterocycles. The summed E-state index contributed by atoms with van der Waals surface area (Å²) in [7, 11) is 0. The molecule has 3 aromatic rings. The molecule has 1 aromatic heterocycles. The van der Waals surface area contributed by atoms with Gasteiger partial charge < -0.3 is 10.2 Å². The maximum Gasteiger partial charge on any atom is 0.256 e. The predicted octanol–water partition coefficient (Wildman–Crippen LogP) is 4.20. The first kappa shape index (κ1) is 16.5. The summed E-state index contributed by atoms with van der Waals surface area (Å²) in [6, 6.07) is 17.1. The number of rotatable bonds is 3. The van der Waals surface area contributed by atoms with Crippen molar-refractivity contribution < 1.29 is 9.59 Å². The van der Waals surface area contributed by atoms with Gasteiger partial charge >= 0.3 is 0 Å². The number of benzene rings is 2. The van der Waals surface area contributed by atoms with Crippen LogP contribution in [0.3, 0.4) is 0 Å². The predicted molar refractivity (Wildman–Crippen MR) is 104 cm³/mol. The molecule has 0 fully saturated rings. The van der Waals surface area contributed by atoms with E-state index in [1.165, 1.54) is 16.9 Å². The molecule has 0 spiro atoms. The average Bonchev–Trinajstić information content (AvgIpc) is 3.22. The Balaban J connectivity index is 1.51. The van der Waals surface area contributed by atoms with E-state index in [-0.39, 0.29) is 11.8 Å². The molecule has 1 aliphatic rings. The molecule has 1 aliphatic heterocycles. The van der Waals surface area contributed by atoms with Gasteiger partial charge in [-0.05, 0) is 53.3 Å². The summed E-state index contributed by atoms with van der Waals surface area (Å²) in [6.45, 7) is 1.27. The fourth-order valence-corrected chi connectivity index (χ4v) is 3.80. The van der Waals surface area contributed by atoms with E-state index in [9.17, 15) is 9.59 Å². The molecule has 26 heavy (non-hydrogen) atoms. The SMILES string of the molecule is O=C(Nc1ccc2c(c1)CN(C(=O)c1ccccc1)CC2)c1ccsc1. The highest BCUT2D eigenvalue weighted by atomic mass is 32.1. The Bertz CT molecular complexity index is 936. The Hall–Kier alpha value is -2.92. The molecule has 0 saturated carbocycles. The van der Waals surface area contributed by atoms with Crippen LogP contribution in [-0.4, -0.2) is 23.3 Å². The van der Waals surface area contributed by atoms with E-state index < -0.39 is 0 Å². The van der Waals surface area contributed by atoms with E-state index in [0.717, 1.165) is 17.7 Å². The summed E-state index contributed by atoms with van der Waals surface area (Å²) < 4.78 is 0. The zero-order valence-corrected chi connectivity index (χ0v) is 15.0. The first-order valence-corrected chi connectivity index (χ1v) is 9.45. The van der Waals surface area contributed by atoms with Crippen molar-refractivity contribution in [1.29, 1.82) is 0 Å². The molecule has 0 unspecified atom stereocenters. The number of carbonyl (C=O) groups is 2. The van der Waals surface area contributed by atoms with Crippen LogP contribution in [0, 0.1) is 0 Å². The zero-order valence-electron chi connectivity index (χ0n) is 14.1. The van der Waals surface area contributed by atoms with Crippen molar-refractivity contribution in [2.45, 2.75) is 13.0 Å². The lowest BCUT2D eigenvalue weighted by Crippen LogP contribution is -2.36. The van der Waals surface area contributed by atoms with E-state index in [1.54, 1.807) is 6.07 Å². The van der Waals surface area contributed by atoms with Crippen LogP contribution in [0.4, 0.5) is 5.69 Å². The van der Waals surface area contributed by atoms with Gasteiger partial charge in [0.2, 0.25) is 0 Å². The molecular weight excluding hydrogens is 344 g/mol. The van der Waals surface area contributed by atoms with Crippen LogP contribution in [0.2, 0.25) is 0 Å². The minimum absolute atomic E-state index is 0.0453. The molecule has 0 radical (unpaired) electrons. The van der Waals surface area contributed by atoms with Gasteiger partial charge in [-0.25, -0.2) is 0 Å². The molecule has 2 amide bonds. The van der Waals surface area contributed by atoms with Gasteiger partial charge in [0, 0.05) is 29.7 Å². The first-order chi connectivity index (χ1) is 12.7. The number of amides is 2. The minimum Gasteiger partial charge on any atom is -0.334 e. The number of nitrogens with zero attached hydrogens (tertiary/aromatic N) is 1. The lowest BCUT2D eigenvalue weighted by Gasteiger charge is -2.29. The monoisotopic (exact) mass is 362 g/mol. The van der Waals surface area contributed by atoms with E-state index >= 15 is 0 Å². The maximum atomic E-state index is 12.7. The normalized spacial score (nSPS) is 13.2. The number of carbonyl (C=O) groups excluding carboxylic acids is 2. The minimum atomic E-state index is -0.112. The summed E-state index contributed by atoms with van der Waals surface area (Å²) in [4.78, 5) is 26.8. The van der Waals surface area contributed by atoms with Gasteiger partial charge in [0.25, 0.3) is 11.8 Å². The summed E-state index contributed by atoms with van der Waals surface area (Å²) in [6.07, 6.45) is 0.826. The molecule has 2 aromatic carbocycles. The Kier molecular flexibility index (Phi) is 4.54. The third-order valence-corrected chi connectivity index (χ3v) is 5.25. The Morgan fingerprint density at radius 1 is 0.962 bits per heavy atom. The maximum absolute atomic E-state index is 12.7. The van der Waals surface area contributed by atoms with Crippen LogP contribution in [0.1, 0.15) is 31.8 Å². The van der Waals surface area contributed by atoms with Crippen molar-refractivity contribution in [3.8, 4) is 0 Å². The van der Waals surface area contributed by atoms with Crippen LogP contribution in [-0.2, 0) is 13.0 Å². The number of nitrogens with one attached hydrogen (secondary N) is 1. The highest BCUT2D eigenvalue weighted by Gasteiger charge is 2.22. The van der Waals surface area contributed by atoms with Crippen LogP contribution in [0.25, 0.3) is 0 Å². The first-order valence-electron chi connectivity index (χ1n) is 8.50. The topological polar surface area (TPSA) is 49.4 Å². The summed E-state index contributed by atoms with van der Waals surface area (Å²) in [5.41, 5.74) is 4.44. The van der Waals surface area contributed by atoms with E-state index in [1.807, 2.05) is 64.2 Å². The van der Waals surface area contributed by atoms with Crippen molar-refractivity contribution in [3.63, 3.8) is 0 Å². The Labute approximate surface area is 156 Å². The number of anilines is 1. The van der Waals surface area contributed by atoms with E-state index in [2.05, 4.69) is 5.32 Å². The second-order valence-corrected chi connectivity index (χ2v) is 7.07. The van der Waals surface area contributed by atoms with E-state index in [0.29, 0.717) is 24.2 Å². The fraction of sp³-hybridized carbons (Fsp3) is 0.143. The highest BCUT2D eigenvalue weighted by molar-refractivity contribution is 7.08. The molecule has 0 bridgehead atoms. The smallest absolute Gasteiger partial charge is 0.256 e. The molecule has 0 atom stereocenters. The fourth-order valence-electron chi connectivity index (χ4n) is 3.17. The van der Waals surface area contributed by atoms with Crippen LogP contribution in [0.15, 0.2) is 65.4 Å². The molecule has 0 saturated heterocycles. The number of thiophene rings is 1. The Morgan fingerprint density at radius 3 is 2.58 bits per heavy atom. The third kappa shape index (κ3) is 3.39. The van der Waals surface area contributed by atoms with Crippen LogP contribution >= 0.6 is 11.3 Å². The van der Waals surface area contributed by atoms with E-state index in [4.69, 9.17) is 0 Å². The summed E-state index contributed by atoms with van der Waals surface area (Å²) >= 11 is 1.50. The lowest BCUT2D eigenvalue weighted by atomic mass is 9.98. The summed E-state index contributed by atoms with van der Waals surface area (Å²) in [5, 5.41) is 6.65.